The molecule has 0 unspecified atom stereocenters. The van der Waals surface area contributed by atoms with Crippen molar-refractivity contribution in [1.82, 2.24) is 0 Å². The van der Waals surface area contributed by atoms with Gasteiger partial charge in [0, 0.05) is 26.7 Å². The zero-order valence-electron chi connectivity index (χ0n) is 17.7. The van der Waals surface area contributed by atoms with E-state index in [9.17, 15) is 14.0 Å². The number of thiophene rings is 1. The van der Waals surface area contributed by atoms with Gasteiger partial charge in [-0.1, -0.05) is 23.7 Å². The predicted molar refractivity (Wildman–Crippen MR) is 129 cm³/mol. The van der Waals surface area contributed by atoms with E-state index in [2.05, 4.69) is 0 Å². The topological polar surface area (TPSA) is 63.6 Å². The predicted octanol–water partition coefficient (Wildman–Crippen LogP) is 7.43. The van der Waals surface area contributed by atoms with E-state index < -0.39 is 11.8 Å². The normalized spacial score (nSPS) is 11.3. The van der Waals surface area contributed by atoms with Crippen LogP contribution in [-0.4, -0.2) is 16.9 Å². The maximum atomic E-state index is 13.9. The van der Waals surface area contributed by atoms with Gasteiger partial charge in [-0.05, 0) is 79.1 Å². The van der Waals surface area contributed by atoms with Crippen LogP contribution in [0.2, 0.25) is 5.02 Å². The summed E-state index contributed by atoms with van der Waals surface area (Å²) in [5.41, 5.74) is 2.71. The van der Waals surface area contributed by atoms with Crippen molar-refractivity contribution in [2.45, 2.75) is 13.8 Å². The second kappa shape index (κ2) is 9.17. The van der Waals surface area contributed by atoms with Gasteiger partial charge in [0.05, 0.1) is 0 Å². The fraction of sp³-hybridized carbons (Fsp3) is 0.0769. The molecule has 166 valence electrons. The molecule has 1 N–H and O–H groups in total. The second-order valence-corrected chi connectivity index (χ2v) is 8.98. The Morgan fingerprint density at radius 2 is 1.70 bits per heavy atom. The minimum atomic E-state index is -1.04. The van der Waals surface area contributed by atoms with Gasteiger partial charge in [-0.3, -0.25) is 4.79 Å². The summed E-state index contributed by atoms with van der Waals surface area (Å²) in [6, 6.07) is 14.6. The number of hydrogen-bond donors (Lipinski definition) is 1. The van der Waals surface area contributed by atoms with Crippen molar-refractivity contribution in [3.8, 4) is 11.5 Å². The summed E-state index contributed by atoms with van der Waals surface area (Å²) in [5.74, 6) is -0.849. The van der Waals surface area contributed by atoms with Gasteiger partial charge in [0.15, 0.2) is 5.75 Å². The fourth-order valence-corrected chi connectivity index (χ4v) is 5.04. The van der Waals surface area contributed by atoms with Crippen molar-refractivity contribution in [3.05, 3.63) is 98.6 Å². The Labute approximate surface area is 198 Å². The average molecular weight is 481 g/mol. The number of carbonyl (C=O) groups excluding carboxylic acids is 1. The van der Waals surface area contributed by atoms with E-state index >= 15 is 0 Å². The number of halogens is 2. The monoisotopic (exact) mass is 480 g/mol. The van der Waals surface area contributed by atoms with Gasteiger partial charge in [0.2, 0.25) is 5.78 Å². The highest BCUT2D eigenvalue weighted by Crippen LogP contribution is 2.42. The molecule has 0 bridgehead atoms. The third-order valence-electron chi connectivity index (χ3n) is 5.06. The zero-order chi connectivity index (χ0) is 23.7. The van der Waals surface area contributed by atoms with Gasteiger partial charge in [0.1, 0.15) is 16.4 Å². The van der Waals surface area contributed by atoms with Crippen molar-refractivity contribution >= 4 is 50.9 Å². The summed E-state index contributed by atoms with van der Waals surface area (Å²) in [6.07, 6.45) is 2.51. The van der Waals surface area contributed by atoms with Crippen LogP contribution in [0.3, 0.4) is 0 Å². The first-order chi connectivity index (χ1) is 15.7. The molecule has 0 saturated heterocycles. The Morgan fingerprint density at radius 3 is 2.33 bits per heavy atom. The smallest absolute Gasteiger partial charge is 0.328 e. The van der Waals surface area contributed by atoms with Crippen LogP contribution in [0, 0.1) is 19.7 Å². The van der Waals surface area contributed by atoms with E-state index in [1.54, 1.807) is 42.5 Å². The van der Waals surface area contributed by atoms with Crippen LogP contribution < -0.4 is 4.74 Å². The van der Waals surface area contributed by atoms with E-state index in [1.165, 1.54) is 29.5 Å². The standard InChI is InChI=1S/C26H18ClFO4S/c1-14-11-17(27)12-15(2)23(14)24(31)26-25(20-9-6-18(28)13-21(20)33-26)32-19-7-3-16(4-8-19)5-10-22(29)30/h3-13H,1-2H3,(H,29,30)/b10-5+. The summed E-state index contributed by atoms with van der Waals surface area (Å²) in [6.45, 7) is 3.64. The maximum Gasteiger partial charge on any atom is 0.328 e. The number of carboxylic acid groups (broad SMARTS) is 1. The number of aliphatic carboxylic acids is 1. The molecule has 0 aliphatic rings. The lowest BCUT2D eigenvalue weighted by Gasteiger charge is -2.11. The Hall–Kier alpha value is -3.48. The SMILES string of the molecule is Cc1cc(Cl)cc(C)c1C(=O)c1sc2cc(F)ccc2c1Oc1ccc(/C=C/C(=O)O)cc1. The molecule has 7 heteroatoms. The molecule has 4 nitrogen and oxygen atoms in total. The van der Waals surface area contributed by atoms with E-state index in [0.29, 0.717) is 42.6 Å². The number of carbonyl (C=O) groups is 2. The highest BCUT2D eigenvalue weighted by molar-refractivity contribution is 7.21. The first-order valence-corrected chi connectivity index (χ1v) is 11.1. The van der Waals surface area contributed by atoms with Crippen molar-refractivity contribution in [1.29, 1.82) is 0 Å². The van der Waals surface area contributed by atoms with E-state index in [0.717, 1.165) is 17.2 Å². The molecule has 0 amide bonds. The quantitative estimate of drug-likeness (QED) is 0.230. The lowest BCUT2D eigenvalue weighted by Crippen LogP contribution is -2.06. The van der Waals surface area contributed by atoms with Crippen LogP contribution in [0.15, 0.2) is 60.7 Å². The summed E-state index contributed by atoms with van der Waals surface area (Å²) in [5, 5.41) is 9.95. The van der Waals surface area contributed by atoms with Crippen molar-refractivity contribution < 1.29 is 23.8 Å². The van der Waals surface area contributed by atoms with Gasteiger partial charge < -0.3 is 9.84 Å². The van der Waals surface area contributed by atoms with Crippen LogP contribution in [0.25, 0.3) is 16.2 Å². The number of benzene rings is 3. The first-order valence-electron chi connectivity index (χ1n) is 9.95. The van der Waals surface area contributed by atoms with Crippen LogP contribution in [-0.2, 0) is 4.79 Å². The van der Waals surface area contributed by atoms with Gasteiger partial charge in [-0.25, -0.2) is 9.18 Å². The molecule has 0 fully saturated rings. The van der Waals surface area contributed by atoms with Gasteiger partial charge in [-0.2, -0.15) is 0 Å². The van der Waals surface area contributed by atoms with Crippen LogP contribution in [0.1, 0.15) is 31.9 Å². The Kier molecular flexibility index (Phi) is 6.31. The largest absolute Gasteiger partial charge is 0.478 e. The lowest BCUT2D eigenvalue weighted by molar-refractivity contribution is -0.131. The molecule has 3 aromatic carbocycles. The van der Waals surface area contributed by atoms with Crippen LogP contribution >= 0.6 is 22.9 Å². The highest BCUT2D eigenvalue weighted by Gasteiger charge is 2.25. The van der Waals surface area contributed by atoms with Crippen molar-refractivity contribution in [2.75, 3.05) is 0 Å². The molecular formula is C26H18ClFO4S. The average Bonchev–Trinajstić information content (AvgIpc) is 3.09. The molecule has 4 aromatic rings. The minimum Gasteiger partial charge on any atom is -0.478 e. The van der Waals surface area contributed by atoms with Gasteiger partial charge in [-0.15, -0.1) is 11.3 Å². The molecule has 0 radical (unpaired) electrons. The maximum absolute atomic E-state index is 13.9. The van der Waals surface area contributed by atoms with Crippen LogP contribution in [0.5, 0.6) is 11.5 Å². The van der Waals surface area contributed by atoms with Crippen molar-refractivity contribution in [3.63, 3.8) is 0 Å². The highest BCUT2D eigenvalue weighted by atomic mass is 35.5. The molecule has 0 atom stereocenters. The minimum absolute atomic E-state index is 0.223. The lowest BCUT2D eigenvalue weighted by atomic mass is 9.98. The molecule has 0 aliphatic carbocycles. The van der Waals surface area contributed by atoms with E-state index in [4.69, 9.17) is 21.4 Å². The Balaban J connectivity index is 1.79. The summed E-state index contributed by atoms with van der Waals surface area (Å²) in [4.78, 5) is 24.7. The third-order valence-corrected chi connectivity index (χ3v) is 6.41. The number of rotatable bonds is 6. The molecule has 0 spiro atoms. The molecule has 4 rings (SSSR count). The number of hydrogen-bond acceptors (Lipinski definition) is 4. The third kappa shape index (κ3) is 4.82. The van der Waals surface area contributed by atoms with Gasteiger partial charge in [0.25, 0.3) is 0 Å². The summed E-state index contributed by atoms with van der Waals surface area (Å²) >= 11 is 7.31. The Morgan fingerprint density at radius 1 is 1.03 bits per heavy atom. The van der Waals surface area contributed by atoms with Crippen LogP contribution in [0.4, 0.5) is 4.39 Å². The number of ether oxygens (including phenoxy) is 1. The molecule has 33 heavy (non-hydrogen) atoms. The van der Waals surface area contributed by atoms with E-state index in [-0.39, 0.29) is 5.78 Å². The van der Waals surface area contributed by atoms with E-state index in [1.807, 2.05) is 13.8 Å². The second-order valence-electron chi connectivity index (χ2n) is 7.49. The molecule has 1 heterocycles. The fourth-order valence-electron chi connectivity index (χ4n) is 3.61. The van der Waals surface area contributed by atoms with Gasteiger partial charge >= 0.3 is 5.97 Å². The first kappa shape index (κ1) is 22.7. The summed E-state index contributed by atoms with van der Waals surface area (Å²) in [7, 11) is 0. The molecule has 0 saturated carbocycles. The number of fused-ring (bicyclic) bond motifs is 1. The molecule has 0 aliphatic heterocycles. The van der Waals surface area contributed by atoms with Crippen molar-refractivity contribution in [2.24, 2.45) is 0 Å². The molecule has 1 aromatic heterocycles. The summed E-state index contributed by atoms with van der Waals surface area (Å²) < 4.78 is 20.6. The number of aryl methyl sites for hydroxylation is 2. The zero-order valence-corrected chi connectivity index (χ0v) is 19.3. The number of carboxylic acids is 1. The number of ketones is 1. The molecular weight excluding hydrogens is 463 g/mol. The Bertz CT molecular complexity index is 1400.